The summed E-state index contributed by atoms with van der Waals surface area (Å²) in [6, 6.07) is 10.9. The topological polar surface area (TPSA) is 88.8 Å². The van der Waals surface area contributed by atoms with E-state index in [0.717, 1.165) is 55.0 Å². The van der Waals surface area contributed by atoms with Crippen molar-refractivity contribution >= 4 is 11.0 Å². The van der Waals surface area contributed by atoms with E-state index in [0.29, 0.717) is 23.3 Å². The number of aromatic hydroxyl groups is 1. The summed E-state index contributed by atoms with van der Waals surface area (Å²) < 4.78 is 11.0. The highest BCUT2D eigenvalue weighted by Crippen LogP contribution is 2.32. The van der Waals surface area contributed by atoms with Crippen LogP contribution in [-0.4, -0.2) is 56.7 Å². The van der Waals surface area contributed by atoms with Crippen molar-refractivity contribution < 1.29 is 29.2 Å². The number of hydrogen-bond donors (Lipinski definition) is 4. The number of rotatable bonds is 6. The van der Waals surface area contributed by atoms with E-state index in [1.54, 1.807) is 13.2 Å². The number of aryl methyl sites for hydroxylation is 1. The Balaban J connectivity index is 1.69. The third-order valence-electron chi connectivity index (χ3n) is 6.35. The van der Waals surface area contributed by atoms with Crippen molar-refractivity contribution in [3.63, 3.8) is 0 Å². The summed E-state index contributed by atoms with van der Waals surface area (Å²) in [5, 5.41) is 20.6. The lowest BCUT2D eigenvalue weighted by Gasteiger charge is -2.29. The number of quaternary nitrogens is 2. The van der Waals surface area contributed by atoms with E-state index in [9.17, 15) is 9.90 Å². The molecule has 0 radical (unpaired) electrons. The van der Waals surface area contributed by atoms with Gasteiger partial charge in [-0.15, -0.1) is 0 Å². The van der Waals surface area contributed by atoms with Crippen molar-refractivity contribution in [3.8, 4) is 22.6 Å². The van der Waals surface area contributed by atoms with Crippen LogP contribution in [0.5, 0.6) is 11.5 Å². The molecule has 1 aliphatic heterocycles. The minimum Gasteiger partial charge on any atom is -0.507 e. The maximum Gasteiger partial charge on any atom is 0.344 e. The van der Waals surface area contributed by atoms with Crippen molar-refractivity contribution in [2.45, 2.75) is 13.5 Å². The van der Waals surface area contributed by atoms with Crippen molar-refractivity contribution in [3.05, 3.63) is 57.9 Å². The number of piperazine rings is 1. The highest BCUT2D eigenvalue weighted by Gasteiger charge is 2.26. The van der Waals surface area contributed by atoms with Crippen molar-refractivity contribution in [1.82, 2.24) is 0 Å². The minimum absolute atomic E-state index is 0.157. The first-order chi connectivity index (χ1) is 15.0. The zero-order chi connectivity index (χ0) is 22.0. The Hall–Kier alpha value is -2.87. The van der Waals surface area contributed by atoms with Crippen LogP contribution in [0.3, 0.4) is 0 Å². The van der Waals surface area contributed by atoms with E-state index in [2.05, 4.69) is 0 Å². The predicted molar refractivity (Wildman–Crippen MR) is 118 cm³/mol. The number of nitrogens with one attached hydrogen (secondary N) is 2. The summed E-state index contributed by atoms with van der Waals surface area (Å²) in [6.45, 7) is 7.34. The summed E-state index contributed by atoms with van der Waals surface area (Å²) in [4.78, 5) is 15.7. The molecule has 0 spiro atoms. The third kappa shape index (κ3) is 4.30. The van der Waals surface area contributed by atoms with Gasteiger partial charge in [0, 0.05) is 5.39 Å². The standard InChI is InChI=1S/C24H28N2O5/c1-16-19-7-8-21(28)20(15-26-11-9-25(10-12-26)13-14-27)23(19)31-24(29)22(16)17-3-5-18(30-2)6-4-17/h3-8,27-28H,9-15H2,1-2H3/p+2. The van der Waals surface area contributed by atoms with Gasteiger partial charge in [0.1, 0.15) is 50.8 Å². The van der Waals surface area contributed by atoms with Gasteiger partial charge in [0.25, 0.3) is 0 Å². The molecule has 164 valence electrons. The number of aliphatic hydroxyl groups excluding tert-OH is 1. The Morgan fingerprint density at radius 3 is 2.35 bits per heavy atom. The van der Waals surface area contributed by atoms with Gasteiger partial charge in [-0.3, -0.25) is 0 Å². The van der Waals surface area contributed by atoms with Crippen molar-refractivity contribution in [2.24, 2.45) is 0 Å². The second-order valence-corrected chi connectivity index (χ2v) is 8.21. The molecule has 1 aliphatic rings. The van der Waals surface area contributed by atoms with Gasteiger partial charge in [-0.05, 0) is 42.3 Å². The molecule has 31 heavy (non-hydrogen) atoms. The lowest BCUT2D eigenvalue weighted by atomic mass is 9.97. The number of aliphatic hydroxyl groups is 1. The average Bonchev–Trinajstić information content (AvgIpc) is 2.78. The maximum atomic E-state index is 13.0. The van der Waals surface area contributed by atoms with E-state index in [4.69, 9.17) is 14.3 Å². The normalized spacial score (nSPS) is 18.9. The van der Waals surface area contributed by atoms with Crippen LogP contribution in [0, 0.1) is 6.92 Å². The first-order valence-corrected chi connectivity index (χ1v) is 10.7. The first kappa shape index (κ1) is 21.4. The molecular formula is C24H30N2O5+2. The largest absolute Gasteiger partial charge is 0.507 e. The fraction of sp³-hybridized carbons (Fsp3) is 0.375. The quantitative estimate of drug-likeness (QED) is 0.409. The lowest BCUT2D eigenvalue weighted by molar-refractivity contribution is -1.02. The number of hydrogen-bond acceptors (Lipinski definition) is 5. The summed E-state index contributed by atoms with van der Waals surface area (Å²) >= 11 is 0. The molecule has 4 rings (SSSR count). The molecule has 0 bridgehead atoms. The molecule has 0 saturated carbocycles. The zero-order valence-electron chi connectivity index (χ0n) is 18.0. The van der Waals surface area contributed by atoms with Crippen LogP contribution in [-0.2, 0) is 6.54 Å². The molecule has 0 aliphatic carbocycles. The van der Waals surface area contributed by atoms with E-state index in [1.807, 2.05) is 37.3 Å². The van der Waals surface area contributed by atoms with Crippen molar-refractivity contribution in [2.75, 3.05) is 46.4 Å². The third-order valence-corrected chi connectivity index (χ3v) is 6.35. The molecule has 1 fully saturated rings. The molecule has 0 unspecified atom stereocenters. The fourth-order valence-electron chi connectivity index (χ4n) is 4.52. The van der Waals surface area contributed by atoms with Crippen molar-refractivity contribution in [1.29, 1.82) is 0 Å². The van der Waals surface area contributed by atoms with E-state index < -0.39 is 5.63 Å². The van der Waals surface area contributed by atoms with E-state index in [1.165, 1.54) is 9.80 Å². The SMILES string of the molecule is COc1ccc(-c2c(C)c3ccc(O)c(C[NH+]4CC[NH+](CCO)CC4)c3oc2=O)cc1. The monoisotopic (exact) mass is 426 g/mol. The molecule has 2 heterocycles. The molecule has 2 aromatic carbocycles. The van der Waals surface area contributed by atoms with E-state index in [-0.39, 0.29) is 12.4 Å². The van der Waals surface area contributed by atoms with Crippen LogP contribution in [0.1, 0.15) is 11.1 Å². The second-order valence-electron chi connectivity index (χ2n) is 8.21. The van der Waals surface area contributed by atoms with Gasteiger partial charge in [0.2, 0.25) is 0 Å². The summed E-state index contributed by atoms with van der Waals surface area (Å²) in [5.74, 6) is 0.882. The molecule has 0 amide bonds. The second kappa shape index (κ2) is 9.09. The molecule has 4 N–H and O–H groups in total. The molecule has 0 atom stereocenters. The highest BCUT2D eigenvalue weighted by molar-refractivity contribution is 5.89. The first-order valence-electron chi connectivity index (χ1n) is 10.7. The number of ether oxygens (including phenoxy) is 1. The Morgan fingerprint density at radius 1 is 1.03 bits per heavy atom. The van der Waals surface area contributed by atoms with Gasteiger partial charge >= 0.3 is 5.63 Å². The Bertz CT molecular complexity index is 1120. The molecule has 7 nitrogen and oxygen atoms in total. The van der Waals surface area contributed by atoms with Gasteiger partial charge in [0.15, 0.2) is 5.58 Å². The number of methoxy groups -OCH3 is 1. The van der Waals surface area contributed by atoms with Gasteiger partial charge < -0.3 is 29.2 Å². The van der Waals surface area contributed by atoms with E-state index >= 15 is 0 Å². The molecule has 1 aromatic heterocycles. The average molecular weight is 427 g/mol. The van der Waals surface area contributed by atoms with Crippen LogP contribution >= 0.6 is 0 Å². The van der Waals surface area contributed by atoms with Gasteiger partial charge in [-0.1, -0.05) is 12.1 Å². The van der Waals surface area contributed by atoms with Crippen LogP contribution in [0.4, 0.5) is 0 Å². The summed E-state index contributed by atoms with van der Waals surface area (Å²) in [5.41, 5.74) is 2.88. The van der Waals surface area contributed by atoms with Crippen LogP contribution in [0.2, 0.25) is 0 Å². The molecule has 1 saturated heterocycles. The molecule has 7 heteroatoms. The zero-order valence-corrected chi connectivity index (χ0v) is 18.0. The summed E-state index contributed by atoms with van der Waals surface area (Å²) in [7, 11) is 1.61. The highest BCUT2D eigenvalue weighted by atomic mass is 16.5. The minimum atomic E-state index is -0.408. The van der Waals surface area contributed by atoms with Gasteiger partial charge in [-0.25, -0.2) is 4.79 Å². The van der Waals surface area contributed by atoms with Crippen LogP contribution in [0.25, 0.3) is 22.1 Å². The maximum absolute atomic E-state index is 13.0. The molecular weight excluding hydrogens is 396 g/mol. The smallest absolute Gasteiger partial charge is 0.344 e. The number of fused-ring (bicyclic) bond motifs is 1. The lowest BCUT2D eigenvalue weighted by Crippen LogP contribution is -3.27. The molecule has 3 aromatic rings. The van der Waals surface area contributed by atoms with Gasteiger partial charge in [0.05, 0.1) is 24.8 Å². The van der Waals surface area contributed by atoms with Crippen LogP contribution < -0.4 is 20.2 Å². The van der Waals surface area contributed by atoms with Crippen LogP contribution in [0.15, 0.2) is 45.6 Å². The Kier molecular flexibility index (Phi) is 6.27. The number of benzene rings is 2. The predicted octanol–water partition coefficient (Wildman–Crippen LogP) is -0.242. The number of phenolic OH excluding ortho intramolecular Hbond substituents is 1. The number of phenols is 1. The summed E-state index contributed by atoms with van der Waals surface area (Å²) in [6.07, 6.45) is 0. The fourth-order valence-corrected chi connectivity index (χ4v) is 4.52. The Morgan fingerprint density at radius 2 is 1.71 bits per heavy atom. The Labute approximate surface area is 181 Å². The van der Waals surface area contributed by atoms with Gasteiger partial charge in [-0.2, -0.15) is 0 Å².